The fourth-order valence-corrected chi connectivity index (χ4v) is 3.71. The van der Waals surface area contributed by atoms with Crippen molar-refractivity contribution in [2.45, 2.75) is 46.6 Å². The van der Waals surface area contributed by atoms with Crippen molar-refractivity contribution >= 4 is 17.4 Å². The third-order valence-corrected chi connectivity index (χ3v) is 4.89. The topological polar surface area (TPSA) is 66.8 Å². The molecule has 130 valence electrons. The van der Waals surface area contributed by atoms with E-state index in [4.69, 9.17) is 4.74 Å². The van der Waals surface area contributed by atoms with Crippen molar-refractivity contribution in [3.8, 4) is 5.75 Å². The van der Waals surface area contributed by atoms with Crippen LogP contribution in [-0.2, 0) is 9.59 Å². The fraction of sp³-hybridized carbons (Fsp3) is 0.474. The number of carbonyl (C=O) groups is 2. The predicted molar refractivity (Wildman–Crippen MR) is 93.3 cm³/mol. The highest BCUT2D eigenvalue weighted by Gasteiger charge is 2.52. The van der Waals surface area contributed by atoms with Crippen LogP contribution in [0.4, 0.5) is 5.69 Å². The van der Waals surface area contributed by atoms with Gasteiger partial charge < -0.3 is 14.7 Å². The van der Waals surface area contributed by atoms with Crippen LogP contribution in [0.1, 0.15) is 41.0 Å². The molecule has 0 radical (unpaired) electrons. The van der Waals surface area contributed by atoms with Crippen molar-refractivity contribution in [1.82, 2.24) is 0 Å². The Morgan fingerprint density at radius 2 is 1.83 bits per heavy atom. The van der Waals surface area contributed by atoms with E-state index in [-0.39, 0.29) is 5.78 Å². The minimum Gasteiger partial charge on any atom is -0.494 e. The lowest BCUT2D eigenvalue weighted by molar-refractivity contribution is -0.142. The zero-order chi connectivity index (χ0) is 18.1. The van der Waals surface area contributed by atoms with Gasteiger partial charge in [0.1, 0.15) is 11.7 Å². The molecule has 1 heterocycles. The number of hydrogen-bond donors (Lipinski definition) is 1. The van der Waals surface area contributed by atoms with Crippen LogP contribution in [0.3, 0.4) is 0 Å². The van der Waals surface area contributed by atoms with Crippen LogP contribution in [0, 0.1) is 5.92 Å². The first kappa shape index (κ1) is 18.0. The SMILES string of the molecule is CCOc1ccc(N2C(C)=C(C(C)=O)C(C(=O)O)C2(C)CC)cc1. The Balaban J connectivity index is 2.57. The molecule has 1 N–H and O–H groups in total. The average molecular weight is 331 g/mol. The maximum atomic E-state index is 12.1. The molecule has 2 atom stereocenters. The first-order valence-electron chi connectivity index (χ1n) is 8.25. The van der Waals surface area contributed by atoms with E-state index in [0.717, 1.165) is 11.4 Å². The Bertz CT molecular complexity index is 677. The number of carboxylic acids is 1. The molecule has 1 aromatic carbocycles. The van der Waals surface area contributed by atoms with Crippen molar-refractivity contribution in [3.63, 3.8) is 0 Å². The van der Waals surface area contributed by atoms with Gasteiger partial charge in [-0.05, 0) is 58.4 Å². The zero-order valence-corrected chi connectivity index (χ0v) is 14.9. The molecule has 0 saturated carbocycles. The van der Waals surface area contributed by atoms with Crippen molar-refractivity contribution in [3.05, 3.63) is 35.5 Å². The molecule has 0 fully saturated rings. The zero-order valence-electron chi connectivity index (χ0n) is 14.9. The van der Waals surface area contributed by atoms with E-state index in [1.807, 2.05) is 56.9 Å². The first-order chi connectivity index (χ1) is 11.3. The molecule has 5 heteroatoms. The van der Waals surface area contributed by atoms with Gasteiger partial charge in [-0.3, -0.25) is 9.59 Å². The number of Topliss-reactive ketones (excluding diaryl/α,β-unsaturated/α-hetero) is 1. The molecule has 2 rings (SSSR count). The molecular weight excluding hydrogens is 306 g/mol. The lowest BCUT2D eigenvalue weighted by Crippen LogP contribution is -2.49. The summed E-state index contributed by atoms with van der Waals surface area (Å²) < 4.78 is 5.47. The average Bonchev–Trinajstić information content (AvgIpc) is 2.77. The molecule has 1 aromatic rings. The van der Waals surface area contributed by atoms with Gasteiger partial charge in [0, 0.05) is 17.0 Å². The van der Waals surface area contributed by atoms with Gasteiger partial charge in [0.15, 0.2) is 5.78 Å². The summed E-state index contributed by atoms with van der Waals surface area (Å²) >= 11 is 0. The fourth-order valence-electron chi connectivity index (χ4n) is 3.71. The largest absolute Gasteiger partial charge is 0.494 e. The number of ketones is 1. The Hall–Kier alpha value is -2.30. The number of rotatable bonds is 6. The van der Waals surface area contributed by atoms with Crippen molar-refractivity contribution in [2.24, 2.45) is 5.92 Å². The van der Waals surface area contributed by atoms with E-state index in [1.165, 1.54) is 6.92 Å². The number of anilines is 1. The van der Waals surface area contributed by atoms with E-state index < -0.39 is 17.4 Å². The van der Waals surface area contributed by atoms with Crippen LogP contribution < -0.4 is 9.64 Å². The molecule has 0 aliphatic carbocycles. The van der Waals surface area contributed by atoms with Gasteiger partial charge in [0.2, 0.25) is 0 Å². The van der Waals surface area contributed by atoms with Crippen molar-refractivity contribution in [1.29, 1.82) is 0 Å². The maximum Gasteiger partial charge on any atom is 0.313 e. The maximum absolute atomic E-state index is 12.1. The first-order valence-corrected chi connectivity index (χ1v) is 8.25. The van der Waals surface area contributed by atoms with Gasteiger partial charge >= 0.3 is 5.97 Å². The third kappa shape index (κ3) is 2.79. The van der Waals surface area contributed by atoms with Crippen LogP contribution in [0.5, 0.6) is 5.75 Å². The molecule has 0 spiro atoms. The van der Waals surface area contributed by atoms with Gasteiger partial charge in [-0.1, -0.05) is 6.92 Å². The molecule has 2 unspecified atom stereocenters. The van der Waals surface area contributed by atoms with Gasteiger partial charge in [-0.15, -0.1) is 0 Å². The summed E-state index contributed by atoms with van der Waals surface area (Å²) in [5.41, 5.74) is 1.27. The van der Waals surface area contributed by atoms with Crippen molar-refractivity contribution in [2.75, 3.05) is 11.5 Å². The van der Waals surface area contributed by atoms with Gasteiger partial charge in [0.25, 0.3) is 0 Å². The summed E-state index contributed by atoms with van der Waals surface area (Å²) in [5, 5.41) is 9.76. The molecule has 5 nitrogen and oxygen atoms in total. The molecule has 1 aliphatic heterocycles. The van der Waals surface area contributed by atoms with Gasteiger partial charge in [0.05, 0.1) is 12.1 Å². The number of carbonyl (C=O) groups excluding carboxylic acids is 1. The van der Waals surface area contributed by atoms with Crippen molar-refractivity contribution < 1.29 is 19.4 Å². The number of benzene rings is 1. The van der Waals surface area contributed by atoms with Crippen LogP contribution >= 0.6 is 0 Å². The molecule has 1 aliphatic rings. The molecule has 24 heavy (non-hydrogen) atoms. The second kappa shape index (κ2) is 6.67. The van der Waals surface area contributed by atoms with Gasteiger partial charge in [-0.2, -0.15) is 0 Å². The second-order valence-corrected chi connectivity index (χ2v) is 6.30. The highest BCUT2D eigenvalue weighted by molar-refractivity contribution is 6.02. The highest BCUT2D eigenvalue weighted by atomic mass is 16.5. The molecule has 0 saturated heterocycles. The lowest BCUT2D eigenvalue weighted by atomic mass is 9.79. The number of allylic oxidation sites excluding steroid dienone is 1. The molecule has 0 bridgehead atoms. The summed E-state index contributed by atoms with van der Waals surface area (Å²) in [7, 11) is 0. The second-order valence-electron chi connectivity index (χ2n) is 6.30. The van der Waals surface area contributed by atoms with Crippen LogP contribution in [-0.4, -0.2) is 29.0 Å². The number of aliphatic carboxylic acids is 1. The minimum atomic E-state index is -0.961. The van der Waals surface area contributed by atoms with Crippen LogP contribution in [0.2, 0.25) is 0 Å². The monoisotopic (exact) mass is 331 g/mol. The molecular formula is C19H25NO4. The third-order valence-electron chi connectivity index (χ3n) is 4.89. The normalized spacial score (nSPS) is 23.5. The summed E-state index contributed by atoms with van der Waals surface area (Å²) in [6.07, 6.45) is 0.602. The molecule has 0 amide bonds. The summed E-state index contributed by atoms with van der Waals surface area (Å²) in [6, 6.07) is 7.54. The van der Waals surface area contributed by atoms with E-state index in [2.05, 4.69) is 0 Å². The number of ether oxygens (including phenoxy) is 1. The quantitative estimate of drug-likeness (QED) is 0.862. The molecule has 0 aromatic heterocycles. The van der Waals surface area contributed by atoms with Gasteiger partial charge in [-0.25, -0.2) is 0 Å². The van der Waals surface area contributed by atoms with E-state index in [0.29, 0.717) is 24.3 Å². The Morgan fingerprint density at radius 1 is 1.25 bits per heavy atom. The Labute approximate surface area is 142 Å². The number of carboxylic acid groups (broad SMARTS) is 1. The minimum absolute atomic E-state index is 0.187. The summed E-state index contributed by atoms with van der Waals surface area (Å²) in [6.45, 7) is 9.63. The summed E-state index contributed by atoms with van der Waals surface area (Å²) in [5.74, 6) is -1.22. The van der Waals surface area contributed by atoms with E-state index >= 15 is 0 Å². The Kier molecular flexibility index (Phi) is 5.02. The highest BCUT2D eigenvalue weighted by Crippen LogP contribution is 2.47. The van der Waals surface area contributed by atoms with E-state index in [9.17, 15) is 14.7 Å². The van der Waals surface area contributed by atoms with Crippen LogP contribution in [0.25, 0.3) is 0 Å². The smallest absolute Gasteiger partial charge is 0.313 e. The van der Waals surface area contributed by atoms with E-state index in [1.54, 1.807) is 0 Å². The Morgan fingerprint density at radius 3 is 2.25 bits per heavy atom. The standard InChI is InChI=1S/C19H25NO4/c1-6-19(5)17(18(22)23)16(13(4)21)12(3)20(19)14-8-10-15(11-9-14)24-7-2/h8-11,17H,6-7H2,1-5H3,(H,22,23). The predicted octanol–water partition coefficient (Wildman–Crippen LogP) is 3.64. The van der Waals surface area contributed by atoms with Crippen LogP contribution in [0.15, 0.2) is 35.5 Å². The number of hydrogen-bond acceptors (Lipinski definition) is 4. The number of nitrogens with zero attached hydrogens (tertiary/aromatic N) is 1. The lowest BCUT2D eigenvalue weighted by Gasteiger charge is -2.40. The summed E-state index contributed by atoms with van der Waals surface area (Å²) in [4.78, 5) is 26.0.